The van der Waals surface area contributed by atoms with Crippen molar-refractivity contribution in [2.75, 3.05) is 0 Å². The van der Waals surface area contributed by atoms with Gasteiger partial charge in [-0.15, -0.1) is 0 Å². The smallest absolute Gasteiger partial charge is 0.0541 e. The molecule has 16 aromatic carbocycles. The van der Waals surface area contributed by atoms with Crippen LogP contribution < -0.4 is 0 Å². The van der Waals surface area contributed by atoms with Crippen LogP contribution in [-0.4, -0.2) is 18.3 Å². The van der Waals surface area contributed by atoms with Crippen LogP contribution in [0.4, 0.5) is 0 Å². The molecule has 0 aliphatic rings. The predicted molar refractivity (Wildman–Crippen MR) is 415 cm³/mol. The first-order valence-corrected chi connectivity index (χ1v) is 33.7. The molecular weight excluding hydrogens is 1190 g/mol. The summed E-state index contributed by atoms with van der Waals surface area (Å²) >= 11 is 0. The van der Waals surface area contributed by atoms with Gasteiger partial charge in [0.25, 0.3) is 0 Å². The van der Waals surface area contributed by atoms with E-state index in [0.29, 0.717) is 0 Å². The van der Waals surface area contributed by atoms with Gasteiger partial charge in [0, 0.05) is 65.8 Å². The molecule has 20 aromatic rings. The summed E-state index contributed by atoms with van der Waals surface area (Å²) in [5.41, 5.74) is 26.6. The molecule has 0 atom stereocenters. The third kappa shape index (κ3) is 9.60. The van der Waals surface area contributed by atoms with E-state index >= 15 is 0 Å². The maximum absolute atomic E-state index is 2.40. The fourth-order valence-corrected chi connectivity index (χ4v) is 15.3. The van der Waals surface area contributed by atoms with Crippen LogP contribution >= 0.6 is 0 Å². The summed E-state index contributed by atoms with van der Waals surface area (Å²) in [6.07, 6.45) is 0. The summed E-state index contributed by atoms with van der Waals surface area (Å²) < 4.78 is 9.54. The first kappa shape index (κ1) is 56.5. The summed E-state index contributed by atoms with van der Waals surface area (Å²) in [5.74, 6) is 0. The molecule has 20 rings (SSSR count). The average molecular weight is 1250 g/mol. The molecule has 0 fully saturated rings. The number of benzene rings is 16. The van der Waals surface area contributed by atoms with Crippen molar-refractivity contribution in [3.8, 4) is 78.4 Å². The molecule has 0 unspecified atom stereocenters. The lowest BCUT2D eigenvalue weighted by Crippen LogP contribution is -1.94. The highest BCUT2D eigenvalue weighted by molar-refractivity contribution is 6.15. The van der Waals surface area contributed by atoms with Gasteiger partial charge in [0.2, 0.25) is 0 Å². The Balaban J connectivity index is 0.000000137. The van der Waals surface area contributed by atoms with Gasteiger partial charge in [-0.3, -0.25) is 0 Å². The normalized spacial score (nSPS) is 11.7. The van der Waals surface area contributed by atoms with Crippen LogP contribution in [0.5, 0.6) is 0 Å². The van der Waals surface area contributed by atoms with Crippen LogP contribution in [0.3, 0.4) is 0 Å². The van der Waals surface area contributed by atoms with Gasteiger partial charge in [-0.05, 0) is 194 Å². The topological polar surface area (TPSA) is 19.7 Å². The highest BCUT2D eigenvalue weighted by Gasteiger charge is 2.20. The van der Waals surface area contributed by atoms with Crippen molar-refractivity contribution in [2.45, 2.75) is 0 Å². The maximum atomic E-state index is 2.40. The zero-order chi connectivity index (χ0) is 64.6. The largest absolute Gasteiger partial charge is 0.309 e. The fraction of sp³-hybridized carbons (Fsp3) is 0. The summed E-state index contributed by atoms with van der Waals surface area (Å²) in [5, 5.41) is 12.6. The van der Waals surface area contributed by atoms with Gasteiger partial charge in [-0.1, -0.05) is 249 Å². The molecule has 4 heteroatoms. The fourth-order valence-electron chi connectivity index (χ4n) is 15.3. The number of rotatable bonds is 9. The number of para-hydroxylation sites is 6. The lowest BCUT2D eigenvalue weighted by molar-refractivity contribution is 1.18. The van der Waals surface area contributed by atoms with Gasteiger partial charge in [-0.2, -0.15) is 0 Å². The molecule has 4 aromatic heterocycles. The second-order valence-electron chi connectivity index (χ2n) is 25.6. The van der Waals surface area contributed by atoms with E-state index in [1.54, 1.807) is 0 Å². The van der Waals surface area contributed by atoms with E-state index in [2.05, 4.69) is 394 Å². The average Bonchev–Trinajstić information content (AvgIpc) is 1.59. The molecular formula is C94H62N4. The quantitative estimate of drug-likeness (QED) is 0.137. The Morgan fingerprint density at radius 2 is 0.347 bits per heavy atom. The highest BCUT2D eigenvalue weighted by Crippen LogP contribution is 2.42. The molecule has 0 radical (unpaired) electrons. The zero-order valence-electron chi connectivity index (χ0n) is 53.6. The van der Waals surface area contributed by atoms with Gasteiger partial charge in [-0.25, -0.2) is 0 Å². The summed E-state index contributed by atoms with van der Waals surface area (Å²) in [6.45, 7) is 0. The molecule has 0 bridgehead atoms. The van der Waals surface area contributed by atoms with Crippen molar-refractivity contribution < 1.29 is 0 Å². The van der Waals surface area contributed by atoms with Crippen molar-refractivity contribution in [1.82, 2.24) is 18.3 Å². The summed E-state index contributed by atoms with van der Waals surface area (Å²) in [7, 11) is 0. The van der Waals surface area contributed by atoms with Crippen molar-refractivity contribution in [1.29, 1.82) is 0 Å². The Kier molecular flexibility index (Phi) is 13.5. The Hall–Kier alpha value is -13.0. The number of aromatic nitrogens is 4. The number of hydrogen-bond acceptors (Lipinski definition) is 0. The third-order valence-electron chi connectivity index (χ3n) is 20.0. The van der Waals surface area contributed by atoms with E-state index in [1.165, 1.54) is 165 Å². The number of hydrogen-bond donors (Lipinski definition) is 0. The molecule has 98 heavy (non-hydrogen) atoms. The number of nitrogens with zero attached hydrogens (tertiary/aromatic N) is 4. The van der Waals surface area contributed by atoms with Crippen LogP contribution in [0.25, 0.3) is 176 Å². The Morgan fingerprint density at radius 3 is 0.704 bits per heavy atom. The Labute approximate surface area is 567 Å². The first-order valence-electron chi connectivity index (χ1n) is 33.7. The maximum Gasteiger partial charge on any atom is 0.0541 e. The highest BCUT2D eigenvalue weighted by atomic mass is 15.0. The van der Waals surface area contributed by atoms with E-state index in [9.17, 15) is 0 Å². The van der Waals surface area contributed by atoms with E-state index in [-0.39, 0.29) is 0 Å². The van der Waals surface area contributed by atoms with Crippen LogP contribution in [0.2, 0.25) is 0 Å². The number of fused-ring (bicyclic) bond motifs is 13. The SMILES string of the molecule is c1ccc(-c2ccc(-c3ccc(-n4c5ccccc5c5cc(-c6ccc7c(c6)c6ccccc6n7-c6ccccc6)ccc54)cc3)cc2)cc1.c1ccc(-n2c3ccccc3c3cc(-c4ccc5c(c4)c4ccccc4n5-c4ccc(-c5ccc6ccccc6c5)cc4)ccc32)cc1. The van der Waals surface area contributed by atoms with Gasteiger partial charge < -0.3 is 18.3 Å². The molecule has 458 valence electrons. The molecule has 0 saturated carbocycles. The van der Waals surface area contributed by atoms with Crippen LogP contribution in [-0.2, 0) is 0 Å². The molecule has 0 amide bonds. The van der Waals surface area contributed by atoms with Gasteiger partial charge in [0.15, 0.2) is 0 Å². The van der Waals surface area contributed by atoms with Crippen LogP contribution in [0.15, 0.2) is 376 Å². The molecule has 0 aliphatic carbocycles. The lowest BCUT2D eigenvalue weighted by atomic mass is 10.00. The molecule has 4 heterocycles. The first-order chi connectivity index (χ1) is 48.6. The monoisotopic (exact) mass is 1250 g/mol. The second-order valence-corrected chi connectivity index (χ2v) is 25.6. The van der Waals surface area contributed by atoms with Crippen molar-refractivity contribution in [2.24, 2.45) is 0 Å². The molecule has 4 nitrogen and oxygen atoms in total. The van der Waals surface area contributed by atoms with Crippen molar-refractivity contribution in [3.05, 3.63) is 376 Å². The zero-order valence-corrected chi connectivity index (χ0v) is 53.6. The lowest BCUT2D eigenvalue weighted by Gasteiger charge is -2.11. The minimum Gasteiger partial charge on any atom is -0.309 e. The van der Waals surface area contributed by atoms with Crippen LogP contribution in [0.1, 0.15) is 0 Å². The summed E-state index contributed by atoms with van der Waals surface area (Å²) in [4.78, 5) is 0. The Morgan fingerprint density at radius 1 is 0.122 bits per heavy atom. The third-order valence-corrected chi connectivity index (χ3v) is 20.0. The van der Waals surface area contributed by atoms with Crippen molar-refractivity contribution >= 4 is 98.0 Å². The van der Waals surface area contributed by atoms with Crippen LogP contribution in [0, 0.1) is 0 Å². The van der Waals surface area contributed by atoms with Gasteiger partial charge in [0.1, 0.15) is 0 Å². The molecule has 0 spiro atoms. The standard InChI is InChI=1S/C48H32N2.C46H30N2/c1-3-11-33(12-4-1)34-19-21-35(22-20-34)36-23-27-40(28-24-36)50-46-18-10-8-16-42(46)44-32-38(26-30-48(44)50)37-25-29-47-43(31-37)41-15-7-9-17-45(41)49(47)39-13-5-2-6-14-39;1-2-12-37(13-3-1)47-43-16-8-6-14-39(43)41-29-35(22-26-45(41)47)36-23-27-46-42(30-36)40-15-7-9-17-44(40)48(46)38-24-20-32(21-25-38)34-19-18-31-10-4-5-11-33(31)28-34/h1-32H;1-30H. The van der Waals surface area contributed by atoms with E-state index in [0.717, 1.165) is 11.4 Å². The van der Waals surface area contributed by atoms with Gasteiger partial charge >= 0.3 is 0 Å². The van der Waals surface area contributed by atoms with Gasteiger partial charge in [0.05, 0.1) is 44.1 Å². The predicted octanol–water partition coefficient (Wildman–Crippen LogP) is 25.2. The molecule has 0 saturated heterocycles. The van der Waals surface area contributed by atoms with E-state index in [1.807, 2.05) is 0 Å². The molecule has 0 N–H and O–H groups in total. The van der Waals surface area contributed by atoms with E-state index < -0.39 is 0 Å². The summed E-state index contributed by atoms with van der Waals surface area (Å²) in [6, 6.07) is 137. The Bertz CT molecular complexity index is 6430. The molecule has 0 aliphatic heterocycles. The minimum absolute atomic E-state index is 1.16. The van der Waals surface area contributed by atoms with Crippen molar-refractivity contribution in [3.63, 3.8) is 0 Å². The van der Waals surface area contributed by atoms with E-state index in [4.69, 9.17) is 0 Å². The minimum atomic E-state index is 1.16. The second kappa shape index (κ2) is 23.5.